The van der Waals surface area contributed by atoms with Gasteiger partial charge in [-0.05, 0) is 18.6 Å². The van der Waals surface area contributed by atoms with Crippen LogP contribution >= 0.6 is 0 Å². The molecule has 140 valence electrons. The van der Waals surface area contributed by atoms with Gasteiger partial charge in [0.05, 0.1) is 24.2 Å². The Bertz CT molecular complexity index is 681. The van der Waals surface area contributed by atoms with Gasteiger partial charge < -0.3 is 9.64 Å². The number of imide groups is 1. The molecule has 0 N–H and O–H groups in total. The van der Waals surface area contributed by atoms with Gasteiger partial charge in [-0.15, -0.1) is 0 Å². The van der Waals surface area contributed by atoms with Crippen LogP contribution in [-0.4, -0.2) is 60.2 Å². The molecule has 7 heteroatoms. The molecule has 0 saturated carbocycles. The molecule has 1 aromatic carbocycles. The number of hydrogen-bond donors (Lipinski definition) is 0. The van der Waals surface area contributed by atoms with Crippen LogP contribution in [0.5, 0.6) is 0 Å². The van der Waals surface area contributed by atoms with Crippen LogP contribution in [0.3, 0.4) is 0 Å². The van der Waals surface area contributed by atoms with E-state index < -0.39 is 5.92 Å². The second-order valence-corrected chi connectivity index (χ2v) is 6.32. The molecule has 0 aliphatic carbocycles. The fourth-order valence-electron chi connectivity index (χ4n) is 3.00. The van der Waals surface area contributed by atoms with Crippen molar-refractivity contribution in [3.8, 4) is 0 Å². The quantitative estimate of drug-likeness (QED) is 0.521. The summed E-state index contributed by atoms with van der Waals surface area (Å²) in [7, 11) is 1.31. The maximum Gasteiger partial charge on any atom is 0.310 e. The zero-order valence-electron chi connectivity index (χ0n) is 15.4. The second kappa shape index (κ2) is 8.60. The maximum absolute atomic E-state index is 12.5. The number of benzene rings is 1. The lowest BCUT2D eigenvalue weighted by Crippen LogP contribution is -2.40. The lowest BCUT2D eigenvalue weighted by molar-refractivity contribution is -0.146. The molecule has 0 bridgehead atoms. The topological polar surface area (TPSA) is 84.0 Å². The molecule has 0 aromatic heterocycles. The SMILES string of the molecule is CCCN(CC(C)C(=O)OC)C(=O)CCN1C(=O)c2ccccc2C1=O. The van der Waals surface area contributed by atoms with E-state index in [0.717, 1.165) is 11.3 Å². The largest absolute Gasteiger partial charge is 0.469 e. The van der Waals surface area contributed by atoms with Gasteiger partial charge >= 0.3 is 5.97 Å². The molecule has 1 aromatic rings. The smallest absolute Gasteiger partial charge is 0.310 e. The minimum Gasteiger partial charge on any atom is -0.469 e. The third-order valence-electron chi connectivity index (χ3n) is 4.37. The van der Waals surface area contributed by atoms with E-state index in [1.165, 1.54) is 7.11 Å². The summed E-state index contributed by atoms with van der Waals surface area (Å²) >= 11 is 0. The molecule has 7 nitrogen and oxygen atoms in total. The third kappa shape index (κ3) is 4.09. The van der Waals surface area contributed by atoms with Crippen molar-refractivity contribution in [2.45, 2.75) is 26.7 Å². The number of ether oxygens (including phenoxy) is 1. The highest BCUT2D eigenvalue weighted by Crippen LogP contribution is 2.22. The van der Waals surface area contributed by atoms with Crippen LogP contribution in [0.15, 0.2) is 24.3 Å². The lowest BCUT2D eigenvalue weighted by Gasteiger charge is -2.25. The highest BCUT2D eigenvalue weighted by molar-refractivity contribution is 6.21. The molecular formula is C19H24N2O5. The molecule has 0 spiro atoms. The van der Waals surface area contributed by atoms with Crippen molar-refractivity contribution in [2.24, 2.45) is 5.92 Å². The summed E-state index contributed by atoms with van der Waals surface area (Å²) < 4.78 is 4.70. The Balaban J connectivity index is 1.99. The number of fused-ring (bicyclic) bond motifs is 1. The van der Waals surface area contributed by atoms with Crippen molar-refractivity contribution >= 4 is 23.7 Å². The summed E-state index contributed by atoms with van der Waals surface area (Å²) in [5.74, 6) is -1.75. The summed E-state index contributed by atoms with van der Waals surface area (Å²) in [4.78, 5) is 51.5. The fraction of sp³-hybridized carbons (Fsp3) is 0.474. The highest BCUT2D eigenvalue weighted by Gasteiger charge is 2.35. The average Bonchev–Trinajstić information content (AvgIpc) is 2.89. The summed E-state index contributed by atoms with van der Waals surface area (Å²) in [5, 5.41) is 0. The zero-order chi connectivity index (χ0) is 19.3. The van der Waals surface area contributed by atoms with E-state index in [9.17, 15) is 19.2 Å². The summed E-state index contributed by atoms with van der Waals surface area (Å²) in [6.45, 7) is 4.42. The van der Waals surface area contributed by atoms with E-state index >= 15 is 0 Å². The molecule has 0 saturated heterocycles. The van der Waals surface area contributed by atoms with E-state index in [-0.39, 0.29) is 43.2 Å². The van der Waals surface area contributed by atoms with Crippen LogP contribution in [0, 0.1) is 5.92 Å². The molecule has 26 heavy (non-hydrogen) atoms. The Morgan fingerprint density at radius 3 is 2.23 bits per heavy atom. The Hall–Kier alpha value is -2.70. The molecule has 1 aliphatic heterocycles. The number of hydrogen-bond acceptors (Lipinski definition) is 5. The van der Waals surface area contributed by atoms with E-state index in [1.54, 1.807) is 36.1 Å². The average molecular weight is 360 g/mol. The molecule has 3 amide bonds. The Kier molecular flexibility index (Phi) is 6.49. The van der Waals surface area contributed by atoms with Crippen molar-refractivity contribution in [2.75, 3.05) is 26.7 Å². The van der Waals surface area contributed by atoms with Crippen molar-refractivity contribution in [3.05, 3.63) is 35.4 Å². The van der Waals surface area contributed by atoms with Crippen LogP contribution in [0.25, 0.3) is 0 Å². The van der Waals surface area contributed by atoms with E-state index in [0.29, 0.717) is 17.7 Å². The fourth-order valence-corrected chi connectivity index (χ4v) is 3.00. The second-order valence-electron chi connectivity index (χ2n) is 6.32. The minimum atomic E-state index is -0.435. The molecule has 1 unspecified atom stereocenters. The Morgan fingerprint density at radius 1 is 1.15 bits per heavy atom. The monoisotopic (exact) mass is 360 g/mol. The van der Waals surface area contributed by atoms with Gasteiger partial charge in [-0.25, -0.2) is 0 Å². The van der Waals surface area contributed by atoms with E-state index in [1.807, 2.05) is 6.92 Å². The Morgan fingerprint density at radius 2 is 1.73 bits per heavy atom. The van der Waals surface area contributed by atoms with Gasteiger partial charge in [0.25, 0.3) is 11.8 Å². The van der Waals surface area contributed by atoms with Gasteiger partial charge in [0.15, 0.2) is 0 Å². The predicted molar refractivity (Wildman–Crippen MR) is 94.5 cm³/mol. The molecule has 1 heterocycles. The normalized spacial score (nSPS) is 14.2. The number of carbonyl (C=O) groups excluding carboxylic acids is 4. The maximum atomic E-state index is 12.5. The van der Waals surface area contributed by atoms with E-state index in [2.05, 4.69) is 0 Å². The van der Waals surface area contributed by atoms with E-state index in [4.69, 9.17) is 4.74 Å². The first-order valence-corrected chi connectivity index (χ1v) is 8.71. The number of amides is 3. The van der Waals surface area contributed by atoms with Crippen LogP contribution < -0.4 is 0 Å². The summed E-state index contributed by atoms with van der Waals surface area (Å²) in [5.41, 5.74) is 0.740. The lowest BCUT2D eigenvalue weighted by atomic mass is 10.1. The van der Waals surface area contributed by atoms with Crippen molar-refractivity contribution in [3.63, 3.8) is 0 Å². The molecule has 1 aliphatic rings. The summed E-state index contributed by atoms with van der Waals surface area (Å²) in [6.07, 6.45) is 0.770. The number of esters is 1. The van der Waals surface area contributed by atoms with Gasteiger partial charge in [0.1, 0.15) is 0 Å². The molecule has 1 atom stereocenters. The summed E-state index contributed by atoms with van der Waals surface area (Å²) in [6, 6.07) is 6.63. The Labute approximate surface area is 152 Å². The van der Waals surface area contributed by atoms with Gasteiger partial charge in [-0.2, -0.15) is 0 Å². The number of rotatable bonds is 8. The van der Waals surface area contributed by atoms with Gasteiger partial charge in [-0.3, -0.25) is 24.1 Å². The van der Waals surface area contributed by atoms with Crippen LogP contribution in [0.1, 0.15) is 47.4 Å². The van der Waals surface area contributed by atoms with Crippen LogP contribution in [0.2, 0.25) is 0 Å². The van der Waals surface area contributed by atoms with Crippen molar-refractivity contribution in [1.29, 1.82) is 0 Å². The van der Waals surface area contributed by atoms with Gasteiger partial charge in [0.2, 0.25) is 5.91 Å². The molecule has 2 rings (SSSR count). The number of nitrogens with zero attached hydrogens (tertiary/aromatic N) is 2. The molecular weight excluding hydrogens is 336 g/mol. The number of methoxy groups -OCH3 is 1. The van der Waals surface area contributed by atoms with Gasteiger partial charge in [0, 0.05) is 26.1 Å². The first-order valence-electron chi connectivity index (χ1n) is 8.71. The van der Waals surface area contributed by atoms with Crippen LogP contribution in [0.4, 0.5) is 0 Å². The van der Waals surface area contributed by atoms with Crippen molar-refractivity contribution in [1.82, 2.24) is 9.80 Å². The molecule has 0 fully saturated rings. The van der Waals surface area contributed by atoms with Gasteiger partial charge in [-0.1, -0.05) is 26.0 Å². The number of carbonyl (C=O) groups is 4. The predicted octanol–water partition coefficient (Wildman–Crippen LogP) is 1.72. The standard InChI is InChI=1S/C19H24N2O5/c1-4-10-20(12-13(2)19(25)26-3)16(22)9-11-21-17(23)14-7-5-6-8-15(14)18(21)24/h5-8,13H,4,9-12H2,1-3H3. The van der Waals surface area contributed by atoms with Crippen LogP contribution in [-0.2, 0) is 14.3 Å². The molecule has 0 radical (unpaired) electrons. The first-order chi connectivity index (χ1) is 12.4. The first kappa shape index (κ1) is 19.6. The minimum absolute atomic E-state index is 0.0258. The third-order valence-corrected chi connectivity index (χ3v) is 4.37. The highest BCUT2D eigenvalue weighted by atomic mass is 16.5. The zero-order valence-corrected chi connectivity index (χ0v) is 15.4. The van der Waals surface area contributed by atoms with Crippen molar-refractivity contribution < 1.29 is 23.9 Å².